The van der Waals surface area contributed by atoms with Crippen molar-refractivity contribution in [2.75, 3.05) is 18.6 Å². The summed E-state index contributed by atoms with van der Waals surface area (Å²) in [6, 6.07) is 0. The van der Waals surface area contributed by atoms with E-state index >= 15 is 0 Å². The molecule has 6 heteroatoms. The number of rotatable bonds is 5. The van der Waals surface area contributed by atoms with Crippen LogP contribution in [-0.2, 0) is 16.4 Å². The molecule has 0 atom stereocenters. The Hall–Kier alpha value is -1.01. The predicted octanol–water partition coefficient (Wildman–Crippen LogP) is -0.389. The standard InChI is InChI=1S/C8H13N3O2S/c1-14(12,13)5-4-10-7-8-6-9-2-3-11-8/h2-3,6,10H,4-5,7H2,1H3. The molecule has 5 nitrogen and oxygen atoms in total. The Bertz CT molecular complexity index is 363. The summed E-state index contributed by atoms with van der Waals surface area (Å²) in [6.07, 6.45) is 6.07. The van der Waals surface area contributed by atoms with Crippen molar-refractivity contribution in [2.45, 2.75) is 6.54 Å². The van der Waals surface area contributed by atoms with Gasteiger partial charge in [-0.25, -0.2) is 8.42 Å². The lowest BCUT2D eigenvalue weighted by Crippen LogP contribution is -2.22. The molecule has 0 fully saturated rings. The van der Waals surface area contributed by atoms with Gasteiger partial charge < -0.3 is 5.32 Å². The summed E-state index contributed by atoms with van der Waals surface area (Å²) >= 11 is 0. The molecule has 0 aromatic carbocycles. The van der Waals surface area contributed by atoms with Gasteiger partial charge in [0.15, 0.2) is 0 Å². The number of nitrogens with one attached hydrogen (secondary N) is 1. The van der Waals surface area contributed by atoms with Crippen molar-refractivity contribution in [3.05, 3.63) is 24.3 Å². The lowest BCUT2D eigenvalue weighted by molar-refractivity contribution is 0.595. The van der Waals surface area contributed by atoms with E-state index in [-0.39, 0.29) is 5.75 Å². The zero-order valence-corrected chi connectivity index (χ0v) is 8.79. The Morgan fingerprint density at radius 2 is 2.21 bits per heavy atom. The van der Waals surface area contributed by atoms with Gasteiger partial charge in [-0.15, -0.1) is 0 Å². The van der Waals surface area contributed by atoms with Crippen LogP contribution in [0, 0.1) is 0 Å². The maximum absolute atomic E-state index is 10.8. The van der Waals surface area contributed by atoms with Crippen LogP contribution in [0.5, 0.6) is 0 Å². The Morgan fingerprint density at radius 1 is 1.43 bits per heavy atom. The molecule has 0 saturated heterocycles. The Labute approximate surface area is 83.5 Å². The van der Waals surface area contributed by atoms with E-state index in [1.54, 1.807) is 18.6 Å². The summed E-state index contributed by atoms with van der Waals surface area (Å²) in [4.78, 5) is 7.93. The van der Waals surface area contributed by atoms with Gasteiger partial charge in [0, 0.05) is 37.9 Å². The largest absolute Gasteiger partial charge is 0.310 e. The minimum absolute atomic E-state index is 0.146. The van der Waals surface area contributed by atoms with Gasteiger partial charge >= 0.3 is 0 Å². The highest BCUT2D eigenvalue weighted by Gasteiger charge is 2.00. The molecule has 0 saturated carbocycles. The second-order valence-corrected chi connectivity index (χ2v) is 5.26. The van der Waals surface area contributed by atoms with Gasteiger partial charge in [0.1, 0.15) is 9.84 Å². The molecule has 1 aromatic heterocycles. The second kappa shape index (κ2) is 5.02. The third-order valence-corrected chi connectivity index (χ3v) is 2.52. The first-order valence-electron chi connectivity index (χ1n) is 4.21. The molecule has 0 aliphatic rings. The number of nitrogens with zero attached hydrogens (tertiary/aromatic N) is 2. The molecule has 0 amide bonds. The van der Waals surface area contributed by atoms with Gasteiger partial charge in [0.05, 0.1) is 11.4 Å². The average molecular weight is 215 g/mol. The number of aromatic nitrogens is 2. The molecule has 1 N–H and O–H groups in total. The molecular formula is C8H13N3O2S. The lowest BCUT2D eigenvalue weighted by Gasteiger charge is -2.02. The van der Waals surface area contributed by atoms with E-state index in [2.05, 4.69) is 15.3 Å². The van der Waals surface area contributed by atoms with Crippen LogP contribution in [-0.4, -0.2) is 36.9 Å². The predicted molar refractivity (Wildman–Crippen MR) is 53.4 cm³/mol. The van der Waals surface area contributed by atoms with E-state index in [1.807, 2.05) is 0 Å². The normalized spacial score (nSPS) is 11.5. The summed E-state index contributed by atoms with van der Waals surface area (Å²) in [5.41, 5.74) is 0.806. The van der Waals surface area contributed by atoms with E-state index in [1.165, 1.54) is 6.26 Å². The molecule has 14 heavy (non-hydrogen) atoms. The molecule has 1 aromatic rings. The fourth-order valence-electron chi connectivity index (χ4n) is 0.895. The third kappa shape index (κ3) is 4.88. The first-order valence-corrected chi connectivity index (χ1v) is 6.27. The number of sulfone groups is 1. The SMILES string of the molecule is CS(=O)(=O)CCNCc1cnccn1. The Balaban J connectivity index is 2.23. The summed E-state index contributed by atoms with van der Waals surface area (Å²) in [6.45, 7) is 0.985. The van der Waals surface area contributed by atoms with Gasteiger partial charge in [-0.2, -0.15) is 0 Å². The summed E-state index contributed by atoms with van der Waals surface area (Å²) < 4.78 is 21.5. The minimum atomic E-state index is -2.88. The van der Waals surface area contributed by atoms with Crippen molar-refractivity contribution in [3.63, 3.8) is 0 Å². The van der Waals surface area contributed by atoms with Crippen molar-refractivity contribution in [1.29, 1.82) is 0 Å². The molecular weight excluding hydrogens is 202 g/mol. The molecule has 0 unspecified atom stereocenters. The van der Waals surface area contributed by atoms with Crippen LogP contribution in [0.1, 0.15) is 5.69 Å². The molecule has 0 bridgehead atoms. The summed E-state index contributed by atoms with van der Waals surface area (Å²) in [5, 5.41) is 2.98. The molecule has 78 valence electrons. The van der Waals surface area contributed by atoms with Gasteiger partial charge in [-0.05, 0) is 0 Å². The number of hydrogen-bond acceptors (Lipinski definition) is 5. The van der Waals surface area contributed by atoms with Gasteiger partial charge in [-0.3, -0.25) is 9.97 Å². The van der Waals surface area contributed by atoms with Crippen molar-refractivity contribution < 1.29 is 8.42 Å². The molecule has 0 radical (unpaired) electrons. The van der Waals surface area contributed by atoms with E-state index in [0.29, 0.717) is 13.1 Å². The van der Waals surface area contributed by atoms with Crippen LogP contribution in [0.4, 0.5) is 0 Å². The molecule has 0 aliphatic carbocycles. The lowest BCUT2D eigenvalue weighted by atomic mass is 10.4. The minimum Gasteiger partial charge on any atom is -0.310 e. The summed E-state index contributed by atoms with van der Waals surface area (Å²) in [5.74, 6) is 0.146. The Kier molecular flexibility index (Phi) is 3.97. The summed E-state index contributed by atoms with van der Waals surface area (Å²) in [7, 11) is -2.88. The van der Waals surface area contributed by atoms with Gasteiger partial charge in [0.25, 0.3) is 0 Å². The van der Waals surface area contributed by atoms with Gasteiger partial charge in [0.2, 0.25) is 0 Å². The van der Waals surface area contributed by atoms with Crippen LogP contribution in [0.15, 0.2) is 18.6 Å². The van der Waals surface area contributed by atoms with Crippen LogP contribution < -0.4 is 5.32 Å². The van der Waals surface area contributed by atoms with E-state index in [0.717, 1.165) is 5.69 Å². The highest BCUT2D eigenvalue weighted by atomic mass is 32.2. The van der Waals surface area contributed by atoms with Crippen LogP contribution in [0.2, 0.25) is 0 Å². The highest BCUT2D eigenvalue weighted by Crippen LogP contribution is 1.88. The van der Waals surface area contributed by atoms with E-state index in [4.69, 9.17) is 0 Å². The smallest absolute Gasteiger partial charge is 0.148 e. The first kappa shape index (κ1) is 11.1. The zero-order chi connectivity index (χ0) is 10.4. The number of hydrogen-bond donors (Lipinski definition) is 1. The van der Waals surface area contributed by atoms with Crippen LogP contribution in [0.25, 0.3) is 0 Å². The molecule has 1 rings (SSSR count). The topological polar surface area (TPSA) is 72.0 Å². The molecule has 1 heterocycles. The Morgan fingerprint density at radius 3 is 2.79 bits per heavy atom. The van der Waals surface area contributed by atoms with Crippen molar-refractivity contribution in [3.8, 4) is 0 Å². The van der Waals surface area contributed by atoms with Gasteiger partial charge in [-0.1, -0.05) is 0 Å². The quantitative estimate of drug-likeness (QED) is 0.677. The maximum Gasteiger partial charge on any atom is 0.148 e. The molecule has 0 aliphatic heterocycles. The fourth-order valence-corrected chi connectivity index (χ4v) is 1.41. The van der Waals surface area contributed by atoms with Crippen molar-refractivity contribution >= 4 is 9.84 Å². The second-order valence-electron chi connectivity index (χ2n) is 3.00. The van der Waals surface area contributed by atoms with Crippen molar-refractivity contribution in [1.82, 2.24) is 15.3 Å². The van der Waals surface area contributed by atoms with E-state index < -0.39 is 9.84 Å². The fraction of sp³-hybridized carbons (Fsp3) is 0.500. The first-order chi connectivity index (χ1) is 6.58. The maximum atomic E-state index is 10.8. The highest BCUT2D eigenvalue weighted by molar-refractivity contribution is 7.90. The third-order valence-electron chi connectivity index (χ3n) is 1.57. The van der Waals surface area contributed by atoms with E-state index in [9.17, 15) is 8.42 Å². The van der Waals surface area contributed by atoms with Crippen LogP contribution in [0.3, 0.4) is 0 Å². The molecule has 0 spiro atoms. The monoisotopic (exact) mass is 215 g/mol. The van der Waals surface area contributed by atoms with Crippen molar-refractivity contribution in [2.24, 2.45) is 0 Å². The zero-order valence-electron chi connectivity index (χ0n) is 7.97. The van der Waals surface area contributed by atoms with Crippen LogP contribution >= 0.6 is 0 Å². The average Bonchev–Trinajstić information content (AvgIpc) is 2.13.